The van der Waals surface area contributed by atoms with E-state index in [0.29, 0.717) is 12.6 Å². The molecule has 20 heavy (non-hydrogen) atoms. The van der Waals surface area contributed by atoms with Crippen LogP contribution in [0.2, 0.25) is 0 Å². The van der Waals surface area contributed by atoms with Crippen LogP contribution in [0.25, 0.3) is 0 Å². The average Bonchev–Trinajstić information content (AvgIpc) is 2.79. The molecule has 1 unspecified atom stereocenters. The molecule has 0 saturated carbocycles. The number of aryl methyl sites for hydroxylation is 1. The molecule has 0 bridgehead atoms. The van der Waals surface area contributed by atoms with Gasteiger partial charge in [-0.05, 0) is 32.6 Å². The van der Waals surface area contributed by atoms with Gasteiger partial charge in [0, 0.05) is 19.6 Å². The summed E-state index contributed by atoms with van der Waals surface area (Å²) in [7, 11) is 1.88. The lowest BCUT2D eigenvalue weighted by molar-refractivity contribution is 0.489. The molecule has 1 aromatic rings. The molecule has 0 aliphatic heterocycles. The minimum Gasteiger partial charge on any atom is -0.357 e. The Kier molecular flexibility index (Phi) is 7.04. The van der Waals surface area contributed by atoms with Crippen LogP contribution in [0, 0.1) is 5.92 Å². The third-order valence-electron chi connectivity index (χ3n) is 3.09. The van der Waals surface area contributed by atoms with Crippen molar-refractivity contribution in [2.45, 2.75) is 53.1 Å². The predicted molar refractivity (Wildman–Crippen MR) is 82.5 cm³/mol. The van der Waals surface area contributed by atoms with Gasteiger partial charge in [-0.15, -0.1) is 0 Å². The SMILES string of the molecule is CCNC(=NCc1ncnn1C)NC(C)CCC(C)C. The smallest absolute Gasteiger partial charge is 0.191 e. The number of guanidine groups is 1. The predicted octanol–water partition coefficient (Wildman–Crippen LogP) is 1.69. The molecule has 0 fully saturated rings. The number of hydrogen-bond donors (Lipinski definition) is 2. The summed E-state index contributed by atoms with van der Waals surface area (Å²) in [4.78, 5) is 8.73. The van der Waals surface area contributed by atoms with Gasteiger partial charge in [-0.3, -0.25) is 4.68 Å². The summed E-state index contributed by atoms with van der Waals surface area (Å²) >= 11 is 0. The molecular weight excluding hydrogens is 252 g/mol. The van der Waals surface area contributed by atoms with Gasteiger partial charge < -0.3 is 10.6 Å². The first-order valence-corrected chi connectivity index (χ1v) is 7.40. The summed E-state index contributed by atoms with van der Waals surface area (Å²) in [6.07, 6.45) is 3.92. The van der Waals surface area contributed by atoms with E-state index in [9.17, 15) is 0 Å². The second-order valence-electron chi connectivity index (χ2n) is 5.51. The molecule has 1 atom stereocenters. The fraction of sp³-hybridized carbons (Fsp3) is 0.786. The van der Waals surface area contributed by atoms with Crippen LogP contribution in [-0.4, -0.2) is 33.3 Å². The molecule has 0 aliphatic rings. The standard InChI is InChI=1S/C14H28N6/c1-6-15-14(19-12(4)8-7-11(2)3)16-9-13-17-10-18-20(13)5/h10-12H,6-9H2,1-5H3,(H2,15,16,19). The van der Waals surface area contributed by atoms with E-state index in [1.54, 1.807) is 11.0 Å². The van der Waals surface area contributed by atoms with Gasteiger partial charge in [-0.1, -0.05) is 13.8 Å². The van der Waals surface area contributed by atoms with Crippen molar-refractivity contribution in [3.63, 3.8) is 0 Å². The van der Waals surface area contributed by atoms with Crippen LogP contribution in [0.15, 0.2) is 11.3 Å². The van der Waals surface area contributed by atoms with E-state index in [1.165, 1.54) is 6.42 Å². The number of rotatable bonds is 7. The maximum Gasteiger partial charge on any atom is 0.191 e. The monoisotopic (exact) mass is 280 g/mol. The Balaban J connectivity index is 2.52. The first kappa shape index (κ1) is 16.5. The van der Waals surface area contributed by atoms with Gasteiger partial charge in [0.2, 0.25) is 0 Å². The van der Waals surface area contributed by atoms with Crippen LogP contribution in [0.1, 0.15) is 46.4 Å². The summed E-state index contributed by atoms with van der Waals surface area (Å²) in [6.45, 7) is 10.1. The summed E-state index contributed by atoms with van der Waals surface area (Å²) in [5, 5.41) is 10.7. The zero-order valence-corrected chi connectivity index (χ0v) is 13.3. The number of aliphatic imine (C=N–C) groups is 1. The lowest BCUT2D eigenvalue weighted by Crippen LogP contribution is -2.42. The Morgan fingerprint density at radius 2 is 2.10 bits per heavy atom. The fourth-order valence-electron chi connectivity index (χ4n) is 1.82. The number of hydrogen-bond acceptors (Lipinski definition) is 3. The summed E-state index contributed by atoms with van der Waals surface area (Å²) in [6, 6.07) is 0.412. The third-order valence-corrected chi connectivity index (χ3v) is 3.09. The number of nitrogens with one attached hydrogen (secondary N) is 2. The summed E-state index contributed by atoms with van der Waals surface area (Å²) in [5.41, 5.74) is 0. The Labute approximate surface area is 122 Å². The van der Waals surface area contributed by atoms with Gasteiger partial charge in [0.15, 0.2) is 5.96 Å². The second kappa shape index (κ2) is 8.55. The van der Waals surface area contributed by atoms with E-state index in [4.69, 9.17) is 0 Å². The number of nitrogens with zero attached hydrogens (tertiary/aromatic N) is 4. The Morgan fingerprint density at radius 3 is 2.65 bits per heavy atom. The normalized spacial score (nSPS) is 13.6. The molecule has 1 aromatic heterocycles. The zero-order valence-electron chi connectivity index (χ0n) is 13.3. The second-order valence-corrected chi connectivity index (χ2v) is 5.51. The minimum atomic E-state index is 0.412. The van der Waals surface area contributed by atoms with E-state index in [2.05, 4.69) is 53.4 Å². The molecule has 0 spiro atoms. The van der Waals surface area contributed by atoms with E-state index >= 15 is 0 Å². The third kappa shape index (κ3) is 6.04. The molecule has 0 aliphatic carbocycles. The first-order valence-electron chi connectivity index (χ1n) is 7.40. The Bertz CT molecular complexity index is 410. The van der Waals surface area contributed by atoms with Crippen molar-refractivity contribution in [2.24, 2.45) is 18.0 Å². The van der Waals surface area contributed by atoms with E-state index in [-0.39, 0.29) is 0 Å². The molecule has 6 nitrogen and oxygen atoms in total. The molecule has 0 amide bonds. The molecule has 1 rings (SSSR count). The van der Waals surface area contributed by atoms with Crippen molar-refractivity contribution in [1.29, 1.82) is 0 Å². The Hall–Kier alpha value is -1.59. The van der Waals surface area contributed by atoms with Crippen LogP contribution < -0.4 is 10.6 Å². The molecule has 0 aromatic carbocycles. The van der Waals surface area contributed by atoms with Gasteiger partial charge in [-0.25, -0.2) is 9.98 Å². The van der Waals surface area contributed by atoms with Gasteiger partial charge >= 0.3 is 0 Å². The lowest BCUT2D eigenvalue weighted by atomic mass is 10.0. The van der Waals surface area contributed by atoms with Crippen molar-refractivity contribution >= 4 is 5.96 Å². The van der Waals surface area contributed by atoms with Crippen molar-refractivity contribution < 1.29 is 0 Å². The quantitative estimate of drug-likeness (QED) is 0.589. The van der Waals surface area contributed by atoms with Crippen LogP contribution in [0.4, 0.5) is 0 Å². The molecule has 0 radical (unpaired) electrons. The van der Waals surface area contributed by atoms with Crippen molar-refractivity contribution in [3.05, 3.63) is 12.2 Å². The van der Waals surface area contributed by atoms with E-state index in [0.717, 1.165) is 30.7 Å². The topological polar surface area (TPSA) is 67.1 Å². The maximum atomic E-state index is 4.55. The van der Waals surface area contributed by atoms with E-state index < -0.39 is 0 Å². The highest BCUT2D eigenvalue weighted by Crippen LogP contribution is 2.06. The van der Waals surface area contributed by atoms with Gasteiger partial charge in [0.25, 0.3) is 0 Å². The highest BCUT2D eigenvalue weighted by Gasteiger charge is 2.07. The average molecular weight is 280 g/mol. The highest BCUT2D eigenvalue weighted by atomic mass is 15.3. The van der Waals surface area contributed by atoms with Crippen molar-refractivity contribution in [1.82, 2.24) is 25.4 Å². The molecule has 1 heterocycles. The number of aromatic nitrogens is 3. The molecule has 2 N–H and O–H groups in total. The minimum absolute atomic E-state index is 0.412. The largest absolute Gasteiger partial charge is 0.357 e. The van der Waals surface area contributed by atoms with Crippen LogP contribution in [0.5, 0.6) is 0 Å². The summed E-state index contributed by atoms with van der Waals surface area (Å²) in [5.74, 6) is 2.43. The van der Waals surface area contributed by atoms with Gasteiger partial charge in [0.05, 0.1) is 0 Å². The molecule has 114 valence electrons. The molecule has 6 heteroatoms. The molecule has 0 saturated heterocycles. The summed E-state index contributed by atoms with van der Waals surface area (Å²) < 4.78 is 1.75. The highest BCUT2D eigenvalue weighted by molar-refractivity contribution is 5.79. The fourth-order valence-corrected chi connectivity index (χ4v) is 1.82. The van der Waals surface area contributed by atoms with Crippen LogP contribution in [-0.2, 0) is 13.6 Å². The lowest BCUT2D eigenvalue weighted by Gasteiger charge is -2.18. The maximum absolute atomic E-state index is 4.55. The van der Waals surface area contributed by atoms with Gasteiger partial charge in [0.1, 0.15) is 18.7 Å². The van der Waals surface area contributed by atoms with Gasteiger partial charge in [-0.2, -0.15) is 5.10 Å². The van der Waals surface area contributed by atoms with Crippen molar-refractivity contribution in [3.8, 4) is 0 Å². The molecular formula is C14H28N6. The zero-order chi connectivity index (χ0) is 15.0. The Morgan fingerprint density at radius 1 is 1.35 bits per heavy atom. The van der Waals surface area contributed by atoms with Crippen molar-refractivity contribution in [2.75, 3.05) is 6.54 Å². The van der Waals surface area contributed by atoms with Crippen LogP contribution in [0.3, 0.4) is 0 Å². The van der Waals surface area contributed by atoms with Crippen LogP contribution >= 0.6 is 0 Å². The first-order chi connectivity index (χ1) is 9.52. The van der Waals surface area contributed by atoms with E-state index in [1.807, 2.05) is 7.05 Å².